The summed E-state index contributed by atoms with van der Waals surface area (Å²) in [6.07, 6.45) is 1.28. The minimum atomic E-state index is -3.75. The predicted octanol–water partition coefficient (Wildman–Crippen LogP) is 4.07. The van der Waals surface area contributed by atoms with Crippen LogP contribution in [0.1, 0.15) is 34.7 Å². The molecule has 170 valence electrons. The number of aryl methyl sites for hydroxylation is 4. The number of anilines is 1. The maximum Gasteiger partial charge on any atom is 0.244 e. The molecule has 1 atom stereocenters. The number of piperidine rings is 1. The van der Waals surface area contributed by atoms with E-state index in [0.29, 0.717) is 40.9 Å². The second kappa shape index (κ2) is 8.76. The molecule has 0 unspecified atom stereocenters. The van der Waals surface area contributed by atoms with Crippen molar-refractivity contribution in [3.05, 3.63) is 46.2 Å². The maximum atomic E-state index is 13.4. The van der Waals surface area contributed by atoms with Crippen LogP contribution in [0.15, 0.2) is 33.7 Å². The number of nitrogens with one attached hydrogen (secondary N) is 1. The molecule has 0 aliphatic carbocycles. The van der Waals surface area contributed by atoms with Gasteiger partial charge in [-0.3, -0.25) is 4.79 Å². The van der Waals surface area contributed by atoms with Gasteiger partial charge in [0.2, 0.25) is 27.6 Å². The molecule has 0 radical (unpaired) electrons. The van der Waals surface area contributed by atoms with Crippen LogP contribution in [-0.4, -0.2) is 41.9 Å². The van der Waals surface area contributed by atoms with Gasteiger partial charge in [-0.05, 0) is 50.8 Å². The Labute approximate surface area is 191 Å². The first-order valence-electron chi connectivity index (χ1n) is 10.4. The smallest absolute Gasteiger partial charge is 0.244 e. The summed E-state index contributed by atoms with van der Waals surface area (Å²) in [6, 6.07) is 7.44. The molecule has 1 aliphatic heterocycles. The fraction of sp³-hybridized carbons (Fsp3) is 0.409. The number of benzene rings is 1. The number of hydrogen-bond acceptors (Lipinski definition) is 7. The van der Waals surface area contributed by atoms with Crippen LogP contribution in [0.5, 0.6) is 0 Å². The average molecular weight is 475 g/mol. The van der Waals surface area contributed by atoms with Gasteiger partial charge in [-0.15, -0.1) is 11.3 Å². The van der Waals surface area contributed by atoms with Crippen LogP contribution in [0.4, 0.5) is 5.69 Å². The van der Waals surface area contributed by atoms with Crippen molar-refractivity contribution in [2.45, 2.75) is 45.4 Å². The van der Waals surface area contributed by atoms with E-state index in [4.69, 9.17) is 4.52 Å². The van der Waals surface area contributed by atoms with E-state index >= 15 is 0 Å². The zero-order valence-electron chi connectivity index (χ0n) is 18.5. The lowest BCUT2D eigenvalue weighted by atomic mass is 9.98. The predicted molar refractivity (Wildman–Crippen MR) is 123 cm³/mol. The molecule has 4 rings (SSSR count). The molecule has 1 fully saturated rings. The highest BCUT2D eigenvalue weighted by Gasteiger charge is 2.35. The molecular weight excluding hydrogens is 448 g/mol. The second-order valence-electron chi connectivity index (χ2n) is 8.13. The van der Waals surface area contributed by atoms with Crippen molar-refractivity contribution in [1.82, 2.24) is 14.4 Å². The molecule has 0 spiro atoms. The third-order valence-corrected chi connectivity index (χ3v) is 8.89. The molecule has 2 aromatic heterocycles. The third kappa shape index (κ3) is 4.35. The topological polar surface area (TPSA) is 105 Å². The first-order chi connectivity index (χ1) is 15.2. The van der Waals surface area contributed by atoms with Crippen LogP contribution >= 0.6 is 11.3 Å². The fourth-order valence-electron chi connectivity index (χ4n) is 3.98. The van der Waals surface area contributed by atoms with Gasteiger partial charge in [-0.1, -0.05) is 23.4 Å². The normalized spacial score (nSPS) is 17.4. The van der Waals surface area contributed by atoms with Crippen LogP contribution in [-0.2, 0) is 14.8 Å². The standard InChI is InChI=1S/C22H26N4O4S2/c1-13-7-5-8-14(2)20(13)24-22(27)17-9-6-10-26(12-17)32(28,29)19-11-18(31-15(19)3)21-23-16(4)30-25-21/h5,7-8,11,17H,6,9-10,12H2,1-4H3,(H,24,27)/t17-/m1/s1. The lowest BCUT2D eigenvalue weighted by Crippen LogP contribution is -2.43. The number of amides is 1. The lowest BCUT2D eigenvalue weighted by molar-refractivity contribution is -0.120. The monoisotopic (exact) mass is 474 g/mol. The Balaban J connectivity index is 1.54. The van der Waals surface area contributed by atoms with Gasteiger partial charge in [0.15, 0.2) is 0 Å². The van der Waals surface area contributed by atoms with Gasteiger partial charge in [0.05, 0.1) is 15.7 Å². The Kier molecular flexibility index (Phi) is 6.19. The molecule has 1 N–H and O–H groups in total. The molecule has 1 aromatic carbocycles. The summed E-state index contributed by atoms with van der Waals surface area (Å²) in [5, 5.41) is 6.90. The molecule has 32 heavy (non-hydrogen) atoms. The van der Waals surface area contributed by atoms with Crippen LogP contribution in [0.3, 0.4) is 0 Å². The van der Waals surface area contributed by atoms with Crippen molar-refractivity contribution in [3.63, 3.8) is 0 Å². The van der Waals surface area contributed by atoms with Crippen LogP contribution < -0.4 is 5.32 Å². The van der Waals surface area contributed by atoms with Gasteiger partial charge in [0.1, 0.15) is 0 Å². The molecule has 3 heterocycles. The zero-order chi connectivity index (χ0) is 23.0. The number of aromatic nitrogens is 2. The highest BCUT2D eigenvalue weighted by atomic mass is 32.2. The van der Waals surface area contributed by atoms with E-state index in [9.17, 15) is 13.2 Å². The largest absolute Gasteiger partial charge is 0.339 e. The first-order valence-corrected chi connectivity index (χ1v) is 12.7. The van der Waals surface area contributed by atoms with E-state index in [1.54, 1.807) is 19.9 Å². The summed E-state index contributed by atoms with van der Waals surface area (Å²) in [6.45, 7) is 7.90. The van der Waals surface area contributed by atoms with Gasteiger partial charge in [0, 0.05) is 30.6 Å². The molecule has 10 heteroatoms. The summed E-state index contributed by atoms with van der Waals surface area (Å²) in [5.41, 5.74) is 2.76. The van der Waals surface area contributed by atoms with Crippen molar-refractivity contribution in [2.24, 2.45) is 5.92 Å². The number of carbonyl (C=O) groups excluding carboxylic acids is 1. The molecule has 0 saturated carbocycles. The molecule has 1 aliphatic rings. The van der Waals surface area contributed by atoms with Gasteiger partial charge < -0.3 is 9.84 Å². The number of para-hydroxylation sites is 1. The van der Waals surface area contributed by atoms with Gasteiger partial charge in [-0.25, -0.2) is 8.42 Å². The SMILES string of the molecule is Cc1nc(-c2cc(S(=O)(=O)N3CCC[C@@H](C(=O)Nc4c(C)cccc4C)C3)c(C)s2)no1. The number of thiophene rings is 1. The Morgan fingerprint density at radius 1 is 1.22 bits per heavy atom. The summed E-state index contributed by atoms with van der Waals surface area (Å²) < 4.78 is 33.3. The van der Waals surface area contributed by atoms with Crippen molar-refractivity contribution < 1.29 is 17.7 Å². The Bertz CT molecular complexity index is 1240. The minimum Gasteiger partial charge on any atom is -0.339 e. The Morgan fingerprint density at radius 3 is 2.59 bits per heavy atom. The number of rotatable bonds is 5. The summed E-state index contributed by atoms with van der Waals surface area (Å²) in [7, 11) is -3.75. The molecule has 8 nitrogen and oxygen atoms in total. The zero-order valence-corrected chi connectivity index (χ0v) is 20.1. The molecular formula is C22H26N4O4S2. The molecule has 0 bridgehead atoms. The summed E-state index contributed by atoms with van der Waals surface area (Å²) in [4.78, 5) is 18.7. The van der Waals surface area contributed by atoms with Crippen molar-refractivity contribution in [3.8, 4) is 10.7 Å². The molecule has 1 amide bonds. The van der Waals surface area contributed by atoms with Gasteiger partial charge in [0.25, 0.3) is 0 Å². The highest BCUT2D eigenvalue weighted by molar-refractivity contribution is 7.89. The number of nitrogens with zero attached hydrogens (tertiary/aromatic N) is 3. The van der Waals surface area contributed by atoms with E-state index in [1.165, 1.54) is 15.6 Å². The lowest BCUT2D eigenvalue weighted by Gasteiger charge is -2.31. The van der Waals surface area contributed by atoms with Crippen molar-refractivity contribution in [2.75, 3.05) is 18.4 Å². The van der Waals surface area contributed by atoms with Gasteiger partial charge in [-0.2, -0.15) is 9.29 Å². The van der Waals surface area contributed by atoms with E-state index < -0.39 is 15.9 Å². The Hall–Kier alpha value is -2.56. The van der Waals surface area contributed by atoms with Crippen molar-refractivity contribution >= 4 is 33.0 Å². The first kappa shape index (κ1) is 22.6. The van der Waals surface area contributed by atoms with Crippen molar-refractivity contribution in [1.29, 1.82) is 0 Å². The average Bonchev–Trinajstić information content (AvgIpc) is 3.36. The van der Waals surface area contributed by atoms with E-state index in [-0.39, 0.29) is 17.3 Å². The van der Waals surface area contributed by atoms with Gasteiger partial charge >= 0.3 is 0 Å². The van der Waals surface area contributed by atoms with E-state index in [1.807, 2.05) is 32.0 Å². The highest BCUT2D eigenvalue weighted by Crippen LogP contribution is 2.35. The number of sulfonamides is 1. The molecule has 1 saturated heterocycles. The number of hydrogen-bond donors (Lipinski definition) is 1. The summed E-state index contributed by atoms with van der Waals surface area (Å²) in [5.74, 6) is 0.244. The van der Waals surface area contributed by atoms with E-state index in [2.05, 4.69) is 15.5 Å². The van der Waals surface area contributed by atoms with Crippen LogP contribution in [0.25, 0.3) is 10.7 Å². The number of carbonyl (C=O) groups is 1. The summed E-state index contributed by atoms with van der Waals surface area (Å²) >= 11 is 1.31. The van der Waals surface area contributed by atoms with Crippen LogP contribution in [0, 0.1) is 33.6 Å². The third-order valence-electron chi connectivity index (χ3n) is 5.72. The van der Waals surface area contributed by atoms with E-state index in [0.717, 1.165) is 16.8 Å². The fourth-order valence-corrected chi connectivity index (χ4v) is 6.99. The maximum absolute atomic E-state index is 13.4. The second-order valence-corrected chi connectivity index (χ2v) is 11.3. The Morgan fingerprint density at radius 2 is 1.94 bits per heavy atom. The molecule has 3 aromatic rings. The van der Waals surface area contributed by atoms with Crippen LogP contribution in [0.2, 0.25) is 0 Å². The minimum absolute atomic E-state index is 0.146. The quantitative estimate of drug-likeness (QED) is 0.598.